The maximum absolute atomic E-state index is 14.7. The second kappa shape index (κ2) is 17.4. The van der Waals surface area contributed by atoms with Crippen LogP contribution in [0.2, 0.25) is 0 Å². The molecule has 6 atom stereocenters. The standard InChI is InChI=1S/C31H41I2N6O11P/c1-5-13-44-32-22(40)12-11-19-9-7-8-10-20(19)50-51(43,16-18(3)25(41)33-45-14-6-2)46-15-21-24-31(4,49-30(42)48-24)28(47-21)39-17-36-23-26(34)37-29(35)38-27(23)39/h7-10,17-18,21,24,28H,5-6,11-16H2,1-4H3,(H4,34,35,37,38)/q-2/t18-,21-,24+,28-,31?,51?/m1/s1. The van der Waals surface area contributed by atoms with Crippen LogP contribution in [0.5, 0.6) is 5.75 Å². The summed E-state index contributed by atoms with van der Waals surface area (Å²) >= 11 is -2.32. The van der Waals surface area contributed by atoms with Gasteiger partial charge in [0.05, 0.1) is 0 Å². The molecule has 2 aliphatic heterocycles. The maximum atomic E-state index is 14.7. The molecule has 4 N–H and O–H groups in total. The van der Waals surface area contributed by atoms with Crippen molar-refractivity contribution in [3.8, 4) is 5.75 Å². The molecule has 0 saturated carbocycles. The van der Waals surface area contributed by atoms with Crippen LogP contribution in [0.3, 0.4) is 0 Å². The second-order valence-corrected chi connectivity index (χ2v) is 18.4. The Morgan fingerprint density at radius 3 is 2.59 bits per heavy atom. The van der Waals surface area contributed by atoms with E-state index in [1.165, 1.54) is 10.9 Å². The Balaban J connectivity index is 1.38. The number of ether oxygens (including phenoxy) is 3. The van der Waals surface area contributed by atoms with E-state index >= 15 is 0 Å². The number of benzene rings is 1. The van der Waals surface area contributed by atoms with Gasteiger partial charge in [0.1, 0.15) is 0 Å². The molecule has 2 saturated heterocycles. The Kier molecular flexibility index (Phi) is 13.5. The number of aryl methyl sites for hydroxylation is 1. The quantitative estimate of drug-likeness (QED) is 0.0409. The van der Waals surface area contributed by atoms with Gasteiger partial charge >= 0.3 is 290 Å². The van der Waals surface area contributed by atoms with E-state index in [0.29, 0.717) is 25.2 Å². The number of anilines is 2. The molecule has 2 unspecified atom stereocenters. The summed E-state index contributed by atoms with van der Waals surface area (Å²) in [5.41, 5.74) is 11.6. The Labute approximate surface area is 316 Å². The summed E-state index contributed by atoms with van der Waals surface area (Å²) in [6.45, 7) is 7.80. The fourth-order valence-corrected chi connectivity index (χ4v) is 10.8. The normalized spacial score (nSPS) is 23.1. The first-order valence-corrected chi connectivity index (χ1v) is 21.9. The minimum atomic E-state index is -4.14. The van der Waals surface area contributed by atoms with Crippen molar-refractivity contribution in [2.75, 3.05) is 37.4 Å². The Bertz CT molecular complexity index is 1780. The van der Waals surface area contributed by atoms with Crippen LogP contribution in [-0.2, 0) is 45.4 Å². The van der Waals surface area contributed by atoms with E-state index in [1.54, 1.807) is 38.1 Å². The number of imidazole rings is 1. The number of carbonyl (C=O) groups excluding carboxylic acids is 3. The summed E-state index contributed by atoms with van der Waals surface area (Å²) in [6.07, 6.45) is -0.707. The average Bonchev–Trinajstić information content (AvgIpc) is 3.72. The zero-order valence-corrected chi connectivity index (χ0v) is 33.7. The van der Waals surface area contributed by atoms with E-state index in [0.717, 1.165) is 12.8 Å². The van der Waals surface area contributed by atoms with Crippen molar-refractivity contribution in [1.82, 2.24) is 19.5 Å². The van der Waals surface area contributed by atoms with Crippen LogP contribution in [0, 0.1) is 5.92 Å². The number of nitrogens with zero attached hydrogens (tertiary/aromatic N) is 4. The fraction of sp³-hybridized carbons (Fsp3) is 0.548. The molecule has 0 aliphatic carbocycles. The van der Waals surface area contributed by atoms with Gasteiger partial charge in [0.15, 0.2) is 5.82 Å². The van der Waals surface area contributed by atoms with Crippen molar-refractivity contribution in [1.29, 1.82) is 0 Å². The number of fused-ring (bicyclic) bond motifs is 2. The number of aromatic nitrogens is 4. The van der Waals surface area contributed by atoms with Crippen molar-refractivity contribution in [3.05, 3.63) is 36.2 Å². The van der Waals surface area contributed by atoms with Gasteiger partial charge in [0.25, 0.3) is 0 Å². The minimum absolute atomic E-state index is 0.0264. The molecule has 3 aromatic rings. The first-order chi connectivity index (χ1) is 24.4. The van der Waals surface area contributed by atoms with Crippen molar-refractivity contribution >= 4 is 44.3 Å². The van der Waals surface area contributed by atoms with Gasteiger partial charge in [-0.2, -0.15) is 4.98 Å². The first-order valence-electron chi connectivity index (χ1n) is 16.3. The number of halogens is 2. The zero-order chi connectivity index (χ0) is 36.8. The monoisotopic (exact) mass is 958 g/mol. The molecule has 0 radical (unpaired) electrons. The Morgan fingerprint density at radius 2 is 1.84 bits per heavy atom. The van der Waals surface area contributed by atoms with Crippen LogP contribution in [0.4, 0.5) is 16.6 Å². The first kappa shape index (κ1) is 39.5. The van der Waals surface area contributed by atoms with Crippen LogP contribution in [0.15, 0.2) is 30.6 Å². The number of nitrogen functional groups attached to an aromatic ring is 2. The predicted molar refractivity (Wildman–Crippen MR) is 173 cm³/mol. The van der Waals surface area contributed by atoms with Crippen molar-refractivity contribution in [2.45, 2.75) is 77.4 Å². The van der Waals surface area contributed by atoms with E-state index in [4.69, 9.17) is 40.9 Å². The summed E-state index contributed by atoms with van der Waals surface area (Å²) in [5, 5.41) is 0. The molecule has 5 rings (SSSR count). The van der Waals surface area contributed by atoms with Gasteiger partial charge in [-0.25, -0.2) is 0 Å². The van der Waals surface area contributed by atoms with E-state index in [-0.39, 0.29) is 55.4 Å². The third-order valence-corrected chi connectivity index (χ3v) is 13.9. The molecule has 0 spiro atoms. The fourth-order valence-electron chi connectivity index (χ4n) is 5.44. The molecule has 0 bridgehead atoms. The third-order valence-electron chi connectivity index (χ3n) is 7.90. The van der Waals surface area contributed by atoms with Gasteiger partial charge in [-0.3, -0.25) is 0 Å². The molecule has 1 aromatic carbocycles. The number of hydrogen-bond donors (Lipinski definition) is 2. The van der Waals surface area contributed by atoms with Gasteiger partial charge < -0.3 is 11.5 Å². The number of carbonyl (C=O) groups is 3. The summed E-state index contributed by atoms with van der Waals surface area (Å²) in [7, 11) is -4.14. The van der Waals surface area contributed by atoms with Crippen LogP contribution in [0.1, 0.15) is 58.7 Å². The second-order valence-electron chi connectivity index (χ2n) is 12.0. The van der Waals surface area contributed by atoms with Crippen LogP contribution in [-0.4, -0.2) is 77.0 Å². The van der Waals surface area contributed by atoms with Crippen molar-refractivity contribution in [2.24, 2.45) is 5.92 Å². The molecule has 2 fully saturated rings. The zero-order valence-electron chi connectivity index (χ0n) is 28.5. The molecule has 20 heteroatoms. The topological polar surface area (TPSA) is 229 Å². The number of nitrogens with two attached hydrogens (primary N) is 2. The van der Waals surface area contributed by atoms with E-state index in [9.17, 15) is 18.9 Å². The molecular formula is C31H41I2N6O11P-2. The number of rotatable bonds is 20. The van der Waals surface area contributed by atoms with Gasteiger partial charge in [-0.1, -0.05) is 0 Å². The van der Waals surface area contributed by atoms with E-state index < -0.39 is 86.9 Å². The van der Waals surface area contributed by atoms with Gasteiger partial charge in [0.2, 0.25) is 5.95 Å². The van der Waals surface area contributed by atoms with Crippen LogP contribution >= 0.6 is 7.60 Å². The summed E-state index contributed by atoms with van der Waals surface area (Å²) in [6, 6.07) is 6.92. The summed E-state index contributed by atoms with van der Waals surface area (Å²) < 4.78 is 56.9. The van der Waals surface area contributed by atoms with E-state index in [1.807, 2.05) is 13.8 Å². The van der Waals surface area contributed by atoms with Crippen LogP contribution in [0.25, 0.3) is 11.2 Å². The molecule has 4 heterocycles. The summed E-state index contributed by atoms with van der Waals surface area (Å²) in [4.78, 5) is 50.5. The van der Waals surface area contributed by atoms with Crippen molar-refractivity contribution in [3.63, 3.8) is 0 Å². The molecular weight excluding hydrogens is 917 g/mol. The number of para-hydroxylation sites is 1. The Morgan fingerprint density at radius 1 is 1.12 bits per heavy atom. The molecule has 2 aromatic heterocycles. The van der Waals surface area contributed by atoms with Gasteiger partial charge in [-0.15, -0.1) is 0 Å². The summed E-state index contributed by atoms with van der Waals surface area (Å²) in [5.74, 6) is -0.515. The molecule has 17 nitrogen and oxygen atoms in total. The molecule has 2 aliphatic rings. The Hall–Kier alpha value is -2.69. The third kappa shape index (κ3) is 9.46. The average molecular weight is 958 g/mol. The number of hydrogen-bond acceptors (Lipinski definition) is 16. The van der Waals surface area contributed by atoms with E-state index in [2.05, 4.69) is 15.0 Å². The van der Waals surface area contributed by atoms with Crippen molar-refractivity contribution < 1.29 is 91.6 Å². The predicted octanol–water partition coefficient (Wildman–Crippen LogP) is -2.05. The molecule has 282 valence electrons. The van der Waals surface area contributed by atoms with Gasteiger partial charge in [0, 0.05) is 0 Å². The molecule has 0 amide bonds. The SMILES string of the molecule is CCCO[I-]C(=O)CCc1ccccc1OP(=O)(C[C@@H](C)C(=O)[I-]OCCC)OC[C@H]1O[C@@H](n2cnc3c(N)nc(N)nc32)C2(C)OC(=O)O[C@@H]12. The van der Waals surface area contributed by atoms with Gasteiger partial charge in [-0.05, 0) is 0 Å². The molecule has 51 heavy (non-hydrogen) atoms. The van der Waals surface area contributed by atoms with Crippen LogP contribution < -0.4 is 59.2 Å².